The van der Waals surface area contributed by atoms with Crippen molar-refractivity contribution in [1.29, 1.82) is 5.26 Å². The Balaban J connectivity index is 0. The molecule has 1 nitrogen and oxygen atoms in total. The van der Waals surface area contributed by atoms with Crippen LogP contribution in [0.15, 0.2) is 0 Å². The molecule has 0 N–H and O–H groups in total. The smallest absolute Gasteiger partial charge is 1.00 e. The average Bonchev–Trinajstić information content (AvgIpc) is 1.37. The van der Waals surface area contributed by atoms with Gasteiger partial charge < -0.3 is 17.0 Å². The molecule has 0 aromatic carbocycles. The van der Waals surface area contributed by atoms with Crippen molar-refractivity contribution in [3.8, 4) is 6.07 Å². The molecular formula is C2H2BrCdN. The summed E-state index contributed by atoms with van der Waals surface area (Å²) in [5.74, 6) is 0. The van der Waals surface area contributed by atoms with Crippen molar-refractivity contribution in [2.24, 2.45) is 0 Å². The third kappa shape index (κ3) is 11.4. The average molecular weight is 232 g/mol. The van der Waals surface area contributed by atoms with Crippen LogP contribution in [0.3, 0.4) is 0 Å². The predicted octanol–water partition coefficient (Wildman–Crippen LogP) is -2.52. The fraction of sp³-hybridized carbons (Fsp3) is 0.500. The van der Waals surface area contributed by atoms with Crippen LogP contribution in [-0.4, -0.2) is 0 Å². The summed E-state index contributed by atoms with van der Waals surface area (Å²) in [5.41, 5.74) is 0. The Hall–Kier alpha value is 0.892. The Kier molecular flexibility index (Phi) is 16.5. The second kappa shape index (κ2) is 8.86. The standard InChI is InChI=1S/C2H2N.BrH.Cd/c1-2-3;;/h1H2;1H;/q;;+1/p-1. The number of hydrogen-bond donors (Lipinski definition) is 0. The number of nitrogens with zero attached hydrogens (tertiary/aromatic N) is 1. The minimum absolute atomic E-state index is 0. The van der Waals surface area contributed by atoms with Crippen molar-refractivity contribution in [3.05, 3.63) is 0 Å². The molecule has 0 saturated carbocycles. The fourth-order valence-electron chi connectivity index (χ4n) is 0. The van der Waals surface area contributed by atoms with Crippen LogP contribution < -0.4 is 17.0 Å². The summed E-state index contributed by atoms with van der Waals surface area (Å²) in [6.07, 6.45) is 0. The van der Waals surface area contributed by atoms with Crippen molar-refractivity contribution in [2.75, 3.05) is 0 Å². The van der Waals surface area contributed by atoms with E-state index in [0.29, 0.717) is 0 Å². The minimum atomic E-state index is 0. The van der Waals surface area contributed by atoms with E-state index in [9.17, 15) is 0 Å². The first-order valence-electron chi connectivity index (χ1n) is 1.08. The van der Waals surface area contributed by atoms with Crippen LogP contribution in [0.2, 0.25) is 3.98 Å². The third-order valence-corrected chi connectivity index (χ3v) is 0.750. The molecule has 0 rings (SSSR count). The van der Waals surface area contributed by atoms with Gasteiger partial charge in [0, 0.05) is 0 Å². The van der Waals surface area contributed by atoms with E-state index in [1.165, 1.54) is 0 Å². The van der Waals surface area contributed by atoms with Gasteiger partial charge in [-0.2, -0.15) is 0 Å². The summed E-state index contributed by atoms with van der Waals surface area (Å²) in [6, 6.07) is 2.01. The monoisotopic (exact) mass is 233 g/mol. The SMILES string of the molecule is N#C[CH2][Cd+].[Br-]. The van der Waals surface area contributed by atoms with Crippen LogP contribution in [0.1, 0.15) is 0 Å². The van der Waals surface area contributed by atoms with Crippen molar-refractivity contribution >= 4 is 0 Å². The van der Waals surface area contributed by atoms with Crippen molar-refractivity contribution < 1.29 is 42.7 Å². The molecule has 0 spiro atoms. The maximum absolute atomic E-state index is 7.67. The summed E-state index contributed by atoms with van der Waals surface area (Å²) in [5, 5.41) is 7.67. The van der Waals surface area contributed by atoms with Gasteiger partial charge in [0.05, 0.1) is 0 Å². The van der Waals surface area contributed by atoms with Gasteiger partial charge >= 0.3 is 41.1 Å². The minimum Gasteiger partial charge on any atom is -1.00 e. The Morgan fingerprint density at radius 1 is 1.80 bits per heavy atom. The van der Waals surface area contributed by atoms with Crippen LogP contribution >= 0.6 is 0 Å². The van der Waals surface area contributed by atoms with Crippen molar-refractivity contribution in [3.63, 3.8) is 0 Å². The summed E-state index contributed by atoms with van der Waals surface area (Å²) in [4.78, 5) is 0. The van der Waals surface area contributed by atoms with E-state index in [0.717, 1.165) is 29.7 Å². The van der Waals surface area contributed by atoms with Crippen LogP contribution in [0.25, 0.3) is 0 Å². The van der Waals surface area contributed by atoms with E-state index in [1.54, 1.807) is 0 Å². The van der Waals surface area contributed by atoms with Gasteiger partial charge in [0.25, 0.3) is 0 Å². The topological polar surface area (TPSA) is 23.8 Å². The van der Waals surface area contributed by atoms with Crippen LogP contribution in [0.5, 0.6) is 0 Å². The summed E-state index contributed by atoms with van der Waals surface area (Å²) >= 11 is 0.851. The molecule has 0 fully saturated rings. The van der Waals surface area contributed by atoms with E-state index in [2.05, 4.69) is 0 Å². The molecule has 0 aliphatic heterocycles. The van der Waals surface area contributed by atoms with Gasteiger partial charge in [-0.15, -0.1) is 0 Å². The molecule has 24 valence electrons. The molecule has 0 aliphatic carbocycles. The largest absolute Gasteiger partial charge is 1.00 e. The Bertz CT molecular complexity index is 39.4. The summed E-state index contributed by atoms with van der Waals surface area (Å²) in [6.45, 7) is 0. The first-order chi connectivity index (χ1) is 1.91. The van der Waals surface area contributed by atoms with E-state index >= 15 is 0 Å². The maximum Gasteiger partial charge on any atom is -1.00 e. The molecule has 0 unspecified atom stereocenters. The molecule has 0 atom stereocenters. The number of hydrogen-bond acceptors (Lipinski definition) is 1. The van der Waals surface area contributed by atoms with Gasteiger partial charge in [-0.3, -0.25) is 0 Å². The van der Waals surface area contributed by atoms with E-state index in [-0.39, 0.29) is 17.0 Å². The Labute approximate surface area is 57.8 Å². The Morgan fingerprint density at radius 2 is 2.00 bits per heavy atom. The van der Waals surface area contributed by atoms with Gasteiger partial charge in [0.1, 0.15) is 0 Å². The quantitative estimate of drug-likeness (QED) is 0.423. The molecule has 0 radical (unpaired) electrons. The van der Waals surface area contributed by atoms with Crippen LogP contribution in [0, 0.1) is 11.3 Å². The second-order valence-corrected chi connectivity index (χ2v) is 1.84. The summed E-state index contributed by atoms with van der Waals surface area (Å²) in [7, 11) is 0. The first-order valence-corrected chi connectivity index (χ1v) is 3.93. The number of halogens is 1. The molecule has 0 aliphatic rings. The van der Waals surface area contributed by atoms with Crippen molar-refractivity contribution in [1.82, 2.24) is 0 Å². The number of rotatable bonds is 0. The molecule has 0 aromatic rings. The third-order valence-electron chi connectivity index (χ3n) is 0.112. The zero-order valence-electron chi connectivity index (χ0n) is 2.74. The molecule has 0 amide bonds. The molecule has 0 saturated heterocycles. The number of nitriles is 1. The second-order valence-electron chi connectivity index (χ2n) is 0.408. The van der Waals surface area contributed by atoms with Gasteiger partial charge in [-0.05, 0) is 0 Å². The maximum atomic E-state index is 7.67. The Morgan fingerprint density at radius 3 is 2.00 bits per heavy atom. The molecule has 5 heavy (non-hydrogen) atoms. The first kappa shape index (κ1) is 9.31. The molecular weight excluding hydrogens is 230 g/mol. The van der Waals surface area contributed by atoms with E-state index in [1.807, 2.05) is 6.07 Å². The van der Waals surface area contributed by atoms with Crippen LogP contribution in [0.4, 0.5) is 0 Å². The van der Waals surface area contributed by atoms with Crippen LogP contribution in [-0.2, 0) is 25.8 Å². The van der Waals surface area contributed by atoms with E-state index in [4.69, 9.17) is 5.26 Å². The van der Waals surface area contributed by atoms with Gasteiger partial charge in [-0.25, -0.2) is 0 Å². The van der Waals surface area contributed by atoms with Crippen molar-refractivity contribution in [2.45, 2.75) is 3.98 Å². The molecule has 0 bridgehead atoms. The van der Waals surface area contributed by atoms with Gasteiger partial charge in [0.15, 0.2) is 0 Å². The fourth-order valence-corrected chi connectivity index (χ4v) is 0. The van der Waals surface area contributed by atoms with E-state index < -0.39 is 0 Å². The molecule has 0 aromatic heterocycles. The predicted molar refractivity (Wildman–Crippen MR) is 10.4 cm³/mol. The molecule has 0 heterocycles. The zero-order valence-corrected chi connectivity index (χ0v) is 8.36. The zero-order chi connectivity index (χ0) is 3.41. The molecule has 3 heteroatoms. The summed E-state index contributed by atoms with van der Waals surface area (Å²) < 4.78 is 0.795. The van der Waals surface area contributed by atoms with Gasteiger partial charge in [0.2, 0.25) is 0 Å². The van der Waals surface area contributed by atoms with Gasteiger partial charge in [-0.1, -0.05) is 0 Å². The normalized spacial score (nSPS) is 4.20.